The lowest BCUT2D eigenvalue weighted by molar-refractivity contribution is -0.117. The van der Waals surface area contributed by atoms with E-state index in [2.05, 4.69) is 5.32 Å². The molecule has 0 aliphatic heterocycles. The molecule has 0 aromatic heterocycles. The number of hydrogen-bond donors (Lipinski definition) is 1. The zero-order valence-corrected chi connectivity index (χ0v) is 17.5. The van der Waals surface area contributed by atoms with E-state index in [1.165, 1.54) is 11.6 Å². The summed E-state index contributed by atoms with van der Waals surface area (Å²) in [5.41, 5.74) is 1.82. The normalized spacial score (nSPS) is 10.9. The van der Waals surface area contributed by atoms with E-state index in [0.717, 1.165) is 12.8 Å². The molecule has 0 saturated heterocycles. The van der Waals surface area contributed by atoms with Crippen LogP contribution in [0.3, 0.4) is 0 Å². The number of amides is 1. The first-order valence-electron chi connectivity index (χ1n) is 9.62. The molecule has 0 unspecified atom stereocenters. The van der Waals surface area contributed by atoms with Gasteiger partial charge in [-0.2, -0.15) is 5.26 Å². The Balaban J connectivity index is 2.05. The van der Waals surface area contributed by atoms with Gasteiger partial charge in [0, 0.05) is 6.54 Å². The SMILES string of the molecule is CCOc1cc(/C=C(/C#N)C(=O)NCCCc2ccccc2)cc(Cl)c1OCC. The minimum atomic E-state index is -0.413. The highest BCUT2D eigenvalue weighted by molar-refractivity contribution is 6.32. The van der Waals surface area contributed by atoms with Crippen LogP contribution in [0, 0.1) is 11.3 Å². The van der Waals surface area contributed by atoms with E-state index in [1.54, 1.807) is 12.1 Å². The van der Waals surface area contributed by atoms with Crippen LogP contribution in [0.2, 0.25) is 5.02 Å². The number of halogens is 1. The predicted molar refractivity (Wildman–Crippen MR) is 115 cm³/mol. The van der Waals surface area contributed by atoms with E-state index >= 15 is 0 Å². The van der Waals surface area contributed by atoms with E-state index < -0.39 is 5.91 Å². The summed E-state index contributed by atoms with van der Waals surface area (Å²) in [7, 11) is 0. The monoisotopic (exact) mass is 412 g/mol. The van der Waals surface area contributed by atoms with Crippen molar-refractivity contribution in [2.45, 2.75) is 26.7 Å². The van der Waals surface area contributed by atoms with Crippen molar-refractivity contribution in [3.63, 3.8) is 0 Å². The van der Waals surface area contributed by atoms with Gasteiger partial charge in [0.1, 0.15) is 11.6 Å². The van der Waals surface area contributed by atoms with Crippen LogP contribution in [0.5, 0.6) is 11.5 Å². The van der Waals surface area contributed by atoms with Crippen molar-refractivity contribution in [1.82, 2.24) is 5.32 Å². The molecule has 0 spiro atoms. The van der Waals surface area contributed by atoms with Crippen LogP contribution in [0.15, 0.2) is 48.0 Å². The third kappa shape index (κ3) is 6.85. The summed E-state index contributed by atoms with van der Waals surface area (Å²) >= 11 is 6.30. The molecule has 1 amide bonds. The van der Waals surface area contributed by atoms with Gasteiger partial charge in [0.15, 0.2) is 11.5 Å². The topological polar surface area (TPSA) is 71.3 Å². The number of nitrogens with zero attached hydrogens (tertiary/aromatic N) is 1. The number of benzene rings is 2. The van der Waals surface area contributed by atoms with Gasteiger partial charge < -0.3 is 14.8 Å². The predicted octanol–water partition coefficient (Wildman–Crippen LogP) is 4.79. The van der Waals surface area contributed by atoms with Crippen molar-refractivity contribution in [2.24, 2.45) is 0 Å². The van der Waals surface area contributed by atoms with Crippen molar-refractivity contribution >= 4 is 23.6 Å². The molecule has 0 saturated carbocycles. The molecule has 0 aliphatic carbocycles. The minimum Gasteiger partial charge on any atom is -0.490 e. The van der Waals surface area contributed by atoms with E-state index in [9.17, 15) is 10.1 Å². The smallest absolute Gasteiger partial charge is 0.261 e. The Morgan fingerprint density at radius 2 is 1.90 bits per heavy atom. The molecule has 6 heteroatoms. The largest absolute Gasteiger partial charge is 0.490 e. The Kier molecular flexibility index (Phi) is 9.07. The van der Waals surface area contributed by atoms with Crippen molar-refractivity contribution in [3.05, 3.63) is 64.2 Å². The summed E-state index contributed by atoms with van der Waals surface area (Å²) in [4.78, 5) is 12.4. The summed E-state index contributed by atoms with van der Waals surface area (Å²) in [5.74, 6) is 0.522. The molecular weight excluding hydrogens is 388 g/mol. The highest BCUT2D eigenvalue weighted by atomic mass is 35.5. The summed E-state index contributed by atoms with van der Waals surface area (Å²) in [6.45, 7) is 5.09. The second-order valence-electron chi connectivity index (χ2n) is 6.21. The average Bonchev–Trinajstić information content (AvgIpc) is 2.72. The Morgan fingerprint density at radius 1 is 1.17 bits per heavy atom. The molecule has 5 nitrogen and oxygen atoms in total. The van der Waals surface area contributed by atoms with Crippen LogP contribution in [0.1, 0.15) is 31.4 Å². The van der Waals surface area contributed by atoms with Crippen LogP contribution in [0.25, 0.3) is 6.08 Å². The van der Waals surface area contributed by atoms with Crippen molar-refractivity contribution in [3.8, 4) is 17.6 Å². The molecule has 2 aromatic carbocycles. The van der Waals surface area contributed by atoms with Gasteiger partial charge in [0.05, 0.1) is 18.2 Å². The Hall–Kier alpha value is -2.97. The van der Waals surface area contributed by atoms with Gasteiger partial charge in [-0.05, 0) is 56.0 Å². The van der Waals surface area contributed by atoms with Crippen LogP contribution in [-0.4, -0.2) is 25.7 Å². The molecule has 0 heterocycles. The molecule has 0 radical (unpaired) electrons. The zero-order valence-electron chi connectivity index (χ0n) is 16.7. The Morgan fingerprint density at radius 3 is 2.55 bits per heavy atom. The maximum absolute atomic E-state index is 12.4. The molecule has 0 atom stereocenters. The van der Waals surface area contributed by atoms with Gasteiger partial charge in [-0.3, -0.25) is 4.79 Å². The van der Waals surface area contributed by atoms with Crippen LogP contribution >= 0.6 is 11.6 Å². The van der Waals surface area contributed by atoms with Crippen LogP contribution in [0.4, 0.5) is 0 Å². The lowest BCUT2D eigenvalue weighted by atomic mass is 10.1. The first kappa shape index (κ1) is 22.3. The number of hydrogen-bond acceptors (Lipinski definition) is 4. The Labute approximate surface area is 176 Å². The lowest BCUT2D eigenvalue weighted by Crippen LogP contribution is -2.25. The molecule has 0 aliphatic rings. The number of nitriles is 1. The fourth-order valence-corrected chi connectivity index (χ4v) is 3.04. The van der Waals surface area contributed by atoms with Gasteiger partial charge in [0.2, 0.25) is 0 Å². The van der Waals surface area contributed by atoms with Crippen molar-refractivity contribution in [1.29, 1.82) is 5.26 Å². The van der Waals surface area contributed by atoms with Crippen molar-refractivity contribution in [2.75, 3.05) is 19.8 Å². The second-order valence-corrected chi connectivity index (χ2v) is 6.62. The van der Waals surface area contributed by atoms with E-state index in [4.69, 9.17) is 21.1 Å². The Bertz CT molecular complexity index is 889. The number of carbonyl (C=O) groups excluding carboxylic acids is 1. The molecule has 1 N–H and O–H groups in total. The fraction of sp³-hybridized carbons (Fsp3) is 0.304. The lowest BCUT2D eigenvalue weighted by Gasteiger charge is -2.13. The summed E-state index contributed by atoms with van der Waals surface area (Å²) in [6.07, 6.45) is 3.15. The number of nitrogens with one attached hydrogen (secondary N) is 1. The second kappa shape index (κ2) is 11.8. The van der Waals surface area contributed by atoms with Gasteiger partial charge in [-0.1, -0.05) is 41.9 Å². The zero-order chi connectivity index (χ0) is 21.1. The maximum Gasteiger partial charge on any atom is 0.261 e. The highest BCUT2D eigenvalue weighted by Gasteiger charge is 2.14. The van der Waals surface area contributed by atoms with Gasteiger partial charge >= 0.3 is 0 Å². The first-order valence-corrected chi connectivity index (χ1v) is 9.99. The van der Waals surface area contributed by atoms with E-state index in [1.807, 2.05) is 50.2 Å². The number of ether oxygens (including phenoxy) is 2. The number of carbonyl (C=O) groups is 1. The van der Waals surface area contributed by atoms with Gasteiger partial charge in [-0.25, -0.2) is 0 Å². The highest BCUT2D eigenvalue weighted by Crippen LogP contribution is 2.37. The molecular formula is C23H25ClN2O3. The summed E-state index contributed by atoms with van der Waals surface area (Å²) in [6, 6.07) is 15.4. The summed E-state index contributed by atoms with van der Waals surface area (Å²) in [5, 5.41) is 12.6. The van der Waals surface area contributed by atoms with Crippen LogP contribution < -0.4 is 14.8 Å². The molecule has 2 rings (SSSR count). The summed E-state index contributed by atoms with van der Waals surface area (Å²) < 4.78 is 11.1. The molecule has 2 aromatic rings. The van der Waals surface area contributed by atoms with Gasteiger partial charge in [0.25, 0.3) is 5.91 Å². The first-order chi connectivity index (χ1) is 14.1. The van der Waals surface area contributed by atoms with Crippen molar-refractivity contribution < 1.29 is 14.3 Å². The molecule has 0 bridgehead atoms. The fourth-order valence-electron chi connectivity index (χ4n) is 2.77. The minimum absolute atomic E-state index is 0.00684. The third-order valence-corrected chi connectivity index (χ3v) is 4.35. The standard InChI is InChI=1S/C23H25ClN2O3/c1-3-28-21-15-18(14-20(24)22(21)29-4-2)13-19(16-25)23(27)26-12-8-11-17-9-6-5-7-10-17/h5-7,9-10,13-15H,3-4,8,11-12H2,1-2H3,(H,26,27)/b19-13-. The third-order valence-electron chi connectivity index (χ3n) is 4.07. The molecule has 29 heavy (non-hydrogen) atoms. The van der Waals surface area contributed by atoms with Gasteiger partial charge in [-0.15, -0.1) is 0 Å². The number of aryl methyl sites for hydroxylation is 1. The molecule has 152 valence electrons. The maximum atomic E-state index is 12.4. The van der Waals surface area contributed by atoms with Crippen LogP contribution in [-0.2, 0) is 11.2 Å². The molecule has 0 fully saturated rings. The van der Waals surface area contributed by atoms with E-state index in [-0.39, 0.29) is 5.57 Å². The quantitative estimate of drug-likeness (QED) is 0.346. The van der Waals surface area contributed by atoms with E-state index in [0.29, 0.717) is 41.8 Å². The number of rotatable bonds is 10. The average molecular weight is 413 g/mol.